The molecule has 0 aliphatic carbocycles. The number of aryl methyl sites for hydroxylation is 1. The van der Waals surface area contributed by atoms with Gasteiger partial charge in [0, 0.05) is 12.8 Å². The van der Waals surface area contributed by atoms with E-state index in [1.807, 2.05) is 0 Å². The van der Waals surface area contributed by atoms with E-state index in [0.717, 1.165) is 0 Å². The van der Waals surface area contributed by atoms with Crippen LogP contribution in [0.3, 0.4) is 0 Å². The topological polar surface area (TPSA) is 67.8 Å². The molecule has 5 nitrogen and oxygen atoms in total. The molecule has 8 heteroatoms. The van der Waals surface area contributed by atoms with Gasteiger partial charge >= 0.3 is 12.1 Å². The van der Waals surface area contributed by atoms with Crippen molar-refractivity contribution in [2.75, 3.05) is 14.2 Å². The zero-order chi connectivity index (χ0) is 25.6. The maximum atomic E-state index is 13.4. The van der Waals surface area contributed by atoms with Crippen LogP contribution < -0.4 is 14.8 Å². The van der Waals surface area contributed by atoms with Gasteiger partial charge in [0.1, 0.15) is 11.5 Å². The van der Waals surface area contributed by atoms with Gasteiger partial charge in [-0.3, -0.25) is 4.79 Å². The molecule has 3 rings (SSSR count). The minimum atomic E-state index is -5.13. The highest BCUT2D eigenvalue weighted by atomic mass is 19.4. The number of carbonyl (C=O) groups is 1. The highest BCUT2D eigenvalue weighted by Gasteiger charge is 2.46. The van der Waals surface area contributed by atoms with E-state index in [1.54, 1.807) is 79.7 Å². The van der Waals surface area contributed by atoms with Crippen molar-refractivity contribution in [1.29, 1.82) is 0 Å². The first-order valence-electron chi connectivity index (χ1n) is 11.0. The molecule has 0 radical (unpaired) electrons. The third-order valence-electron chi connectivity index (χ3n) is 5.95. The number of benzene rings is 3. The molecular formula is C27H28F3NO4. The predicted octanol–water partition coefficient (Wildman–Crippen LogP) is 4.95. The van der Waals surface area contributed by atoms with Crippen molar-refractivity contribution >= 4 is 5.91 Å². The number of para-hydroxylation sites is 2. The summed E-state index contributed by atoms with van der Waals surface area (Å²) in [5.74, 6) is -1.20. The Morgan fingerprint density at radius 2 is 1.31 bits per heavy atom. The van der Waals surface area contributed by atoms with Crippen molar-refractivity contribution in [2.24, 2.45) is 0 Å². The summed E-state index contributed by atoms with van der Waals surface area (Å²) in [6.07, 6.45) is -5.34. The molecule has 0 bridgehead atoms. The molecule has 186 valence electrons. The number of halogens is 3. The number of methoxy groups -OCH3 is 2. The summed E-state index contributed by atoms with van der Waals surface area (Å²) in [6, 6.07) is 19.2. The summed E-state index contributed by atoms with van der Waals surface area (Å²) < 4.78 is 51.0. The summed E-state index contributed by atoms with van der Waals surface area (Å²) in [6.45, 7) is 1.72. The van der Waals surface area contributed by atoms with Gasteiger partial charge in [-0.1, -0.05) is 60.7 Å². The molecule has 3 aromatic rings. The highest BCUT2D eigenvalue weighted by Crippen LogP contribution is 2.38. The second-order valence-corrected chi connectivity index (χ2v) is 8.34. The fourth-order valence-corrected chi connectivity index (χ4v) is 4.25. The van der Waals surface area contributed by atoms with Crippen LogP contribution in [-0.2, 0) is 17.6 Å². The molecule has 0 saturated carbocycles. The second kappa shape index (κ2) is 10.8. The van der Waals surface area contributed by atoms with Crippen molar-refractivity contribution in [2.45, 2.75) is 37.6 Å². The number of hydrogen-bond donors (Lipinski definition) is 2. The SMILES string of the molecule is COc1ccccc1CC(O)(Cc1ccccc1OC)C(NC(=O)C(F)(F)F)c1ccccc1C. The molecule has 0 heterocycles. The molecular weight excluding hydrogens is 459 g/mol. The maximum Gasteiger partial charge on any atom is 0.471 e. The van der Waals surface area contributed by atoms with Gasteiger partial charge in [0.2, 0.25) is 0 Å². The van der Waals surface area contributed by atoms with Crippen LogP contribution in [0.1, 0.15) is 28.3 Å². The van der Waals surface area contributed by atoms with E-state index in [4.69, 9.17) is 9.47 Å². The molecule has 35 heavy (non-hydrogen) atoms. The molecule has 1 unspecified atom stereocenters. The Kier molecular flexibility index (Phi) is 8.07. The van der Waals surface area contributed by atoms with Crippen LogP contribution in [-0.4, -0.2) is 37.0 Å². The normalized spacial score (nSPS) is 12.7. The van der Waals surface area contributed by atoms with E-state index in [2.05, 4.69) is 5.32 Å². The average Bonchev–Trinajstić information content (AvgIpc) is 2.83. The van der Waals surface area contributed by atoms with Gasteiger partial charge in [-0.15, -0.1) is 0 Å². The average molecular weight is 488 g/mol. The van der Waals surface area contributed by atoms with Gasteiger partial charge in [0.05, 0.1) is 25.9 Å². The van der Waals surface area contributed by atoms with E-state index < -0.39 is 23.7 Å². The number of ether oxygens (including phenoxy) is 2. The fraction of sp³-hybridized carbons (Fsp3) is 0.296. The van der Waals surface area contributed by atoms with Crippen LogP contribution in [0, 0.1) is 6.92 Å². The molecule has 1 amide bonds. The first-order valence-corrected chi connectivity index (χ1v) is 11.0. The summed E-state index contributed by atoms with van der Waals surface area (Å²) >= 11 is 0. The van der Waals surface area contributed by atoms with Gasteiger partial charge in [-0.05, 0) is 41.3 Å². The van der Waals surface area contributed by atoms with Gasteiger partial charge in [0.15, 0.2) is 0 Å². The molecule has 0 saturated heterocycles. The molecule has 0 aromatic heterocycles. The zero-order valence-corrected chi connectivity index (χ0v) is 19.7. The fourth-order valence-electron chi connectivity index (χ4n) is 4.25. The lowest BCUT2D eigenvalue weighted by molar-refractivity contribution is -0.176. The Bertz CT molecular complexity index is 1110. The lowest BCUT2D eigenvalue weighted by atomic mass is 9.77. The lowest BCUT2D eigenvalue weighted by Crippen LogP contribution is -2.52. The number of hydrogen-bond acceptors (Lipinski definition) is 4. The monoisotopic (exact) mass is 487 g/mol. The van der Waals surface area contributed by atoms with Crippen molar-refractivity contribution < 1.29 is 32.5 Å². The summed E-state index contributed by atoms with van der Waals surface area (Å²) in [7, 11) is 2.95. The second-order valence-electron chi connectivity index (χ2n) is 8.34. The first-order chi connectivity index (χ1) is 16.6. The zero-order valence-electron chi connectivity index (χ0n) is 19.7. The highest BCUT2D eigenvalue weighted by molar-refractivity contribution is 5.82. The molecule has 0 aliphatic rings. The van der Waals surface area contributed by atoms with Crippen molar-refractivity contribution in [3.05, 3.63) is 95.1 Å². The molecule has 0 spiro atoms. The third kappa shape index (κ3) is 6.14. The largest absolute Gasteiger partial charge is 0.496 e. The Hall–Kier alpha value is -3.52. The Balaban J connectivity index is 2.20. The van der Waals surface area contributed by atoms with E-state index >= 15 is 0 Å². The molecule has 1 atom stereocenters. The number of carbonyl (C=O) groups excluding carboxylic acids is 1. The molecule has 0 aliphatic heterocycles. The Morgan fingerprint density at radius 1 is 0.857 bits per heavy atom. The van der Waals surface area contributed by atoms with Gasteiger partial charge < -0.3 is 19.9 Å². The lowest BCUT2D eigenvalue weighted by Gasteiger charge is -2.39. The predicted molar refractivity (Wildman–Crippen MR) is 126 cm³/mol. The van der Waals surface area contributed by atoms with Gasteiger partial charge in [-0.25, -0.2) is 0 Å². The first kappa shape index (κ1) is 26.1. The van der Waals surface area contributed by atoms with E-state index in [9.17, 15) is 23.1 Å². The van der Waals surface area contributed by atoms with Crippen LogP contribution in [0.2, 0.25) is 0 Å². The Labute approximate surface area is 202 Å². The van der Waals surface area contributed by atoms with Crippen LogP contribution in [0.15, 0.2) is 72.8 Å². The van der Waals surface area contributed by atoms with Gasteiger partial charge in [-0.2, -0.15) is 13.2 Å². The smallest absolute Gasteiger partial charge is 0.471 e. The van der Waals surface area contributed by atoms with Gasteiger partial charge in [0.25, 0.3) is 0 Å². The minimum Gasteiger partial charge on any atom is -0.496 e. The Morgan fingerprint density at radius 3 is 1.77 bits per heavy atom. The number of alkyl halides is 3. The summed E-state index contributed by atoms with van der Waals surface area (Å²) in [5.41, 5.74) is 0.256. The van der Waals surface area contributed by atoms with Crippen LogP contribution in [0.5, 0.6) is 11.5 Å². The number of aliphatic hydroxyl groups is 1. The number of nitrogens with one attached hydrogen (secondary N) is 1. The van der Waals surface area contributed by atoms with Crippen molar-refractivity contribution in [3.8, 4) is 11.5 Å². The van der Waals surface area contributed by atoms with E-state index in [0.29, 0.717) is 33.8 Å². The number of rotatable bonds is 9. The summed E-state index contributed by atoms with van der Waals surface area (Å²) in [4.78, 5) is 12.2. The summed E-state index contributed by atoms with van der Waals surface area (Å²) in [5, 5.41) is 14.3. The standard InChI is InChI=1S/C27H28F3NO4/c1-18-10-4-7-13-21(18)24(31-25(32)27(28,29)30)26(33,16-19-11-5-8-14-22(19)34-2)17-20-12-6-9-15-23(20)35-3/h4-15,24,33H,16-17H2,1-3H3,(H,31,32). The van der Waals surface area contributed by atoms with Crippen LogP contribution in [0.4, 0.5) is 13.2 Å². The van der Waals surface area contributed by atoms with Crippen LogP contribution >= 0.6 is 0 Å². The van der Waals surface area contributed by atoms with Crippen LogP contribution in [0.25, 0.3) is 0 Å². The molecule has 3 aromatic carbocycles. The number of amides is 1. The maximum absolute atomic E-state index is 13.4. The van der Waals surface area contributed by atoms with Crippen molar-refractivity contribution in [1.82, 2.24) is 5.32 Å². The van der Waals surface area contributed by atoms with E-state index in [-0.39, 0.29) is 12.8 Å². The third-order valence-corrected chi connectivity index (χ3v) is 5.95. The minimum absolute atomic E-state index is 0.105. The van der Waals surface area contributed by atoms with E-state index in [1.165, 1.54) is 14.2 Å². The van der Waals surface area contributed by atoms with Crippen molar-refractivity contribution in [3.63, 3.8) is 0 Å². The quantitative estimate of drug-likeness (QED) is 0.448. The molecule has 2 N–H and O–H groups in total. The molecule has 0 fully saturated rings.